The predicted octanol–water partition coefficient (Wildman–Crippen LogP) is 5.60. The van der Waals surface area contributed by atoms with Gasteiger partial charge in [0, 0.05) is 11.1 Å². The van der Waals surface area contributed by atoms with Crippen LogP contribution >= 0.6 is 11.3 Å². The second-order valence-electron chi connectivity index (χ2n) is 6.43. The Labute approximate surface area is 144 Å². The van der Waals surface area contributed by atoms with Crippen LogP contribution in [0.5, 0.6) is 0 Å². The first kappa shape index (κ1) is 18.1. The molecular formula is C19H28N2OS. The molecule has 0 spiro atoms. The zero-order valence-electron chi connectivity index (χ0n) is 14.6. The van der Waals surface area contributed by atoms with E-state index in [1.807, 2.05) is 13.0 Å². The van der Waals surface area contributed by atoms with E-state index in [2.05, 4.69) is 60.9 Å². The van der Waals surface area contributed by atoms with Crippen molar-refractivity contribution in [1.29, 1.82) is 0 Å². The first-order valence-electron chi connectivity index (χ1n) is 8.48. The molecule has 0 saturated carbocycles. The topological polar surface area (TPSA) is 34.1 Å². The molecular weight excluding hydrogens is 304 g/mol. The van der Waals surface area contributed by atoms with E-state index in [4.69, 9.17) is 4.84 Å². The van der Waals surface area contributed by atoms with E-state index in [1.165, 1.54) is 5.56 Å². The van der Waals surface area contributed by atoms with E-state index in [0.717, 1.165) is 30.0 Å². The van der Waals surface area contributed by atoms with Gasteiger partial charge in [0.05, 0.1) is 6.04 Å². The Balaban J connectivity index is 2.05. The summed E-state index contributed by atoms with van der Waals surface area (Å²) >= 11 is 1.71. The number of nitrogens with one attached hydrogen (secondary N) is 1. The van der Waals surface area contributed by atoms with Gasteiger partial charge in [0.1, 0.15) is 11.1 Å². The molecule has 1 heterocycles. The molecule has 1 aromatic carbocycles. The van der Waals surface area contributed by atoms with Crippen LogP contribution in [0, 0.1) is 12.8 Å². The second kappa shape index (κ2) is 9.16. The normalized spacial score (nSPS) is 14.1. The van der Waals surface area contributed by atoms with Gasteiger partial charge in [-0.2, -0.15) is 5.48 Å². The molecule has 0 saturated heterocycles. The van der Waals surface area contributed by atoms with Crippen LogP contribution in [0.15, 0.2) is 35.7 Å². The SMILES string of the molecule is CCC[C@@H](ON[C@@H](CC(C)C)c1nc(C)cs1)c1ccccc1. The molecule has 0 bridgehead atoms. The lowest BCUT2D eigenvalue weighted by atomic mass is 10.0. The molecule has 4 heteroatoms. The van der Waals surface area contributed by atoms with Crippen molar-refractivity contribution in [3.05, 3.63) is 52.0 Å². The molecule has 0 aliphatic rings. The molecule has 2 aromatic rings. The van der Waals surface area contributed by atoms with Gasteiger partial charge in [0.25, 0.3) is 0 Å². The van der Waals surface area contributed by atoms with Gasteiger partial charge in [-0.3, -0.25) is 4.84 Å². The quantitative estimate of drug-likeness (QED) is 0.607. The van der Waals surface area contributed by atoms with Gasteiger partial charge in [0.15, 0.2) is 0 Å². The molecule has 23 heavy (non-hydrogen) atoms. The first-order chi connectivity index (χ1) is 11.1. The minimum Gasteiger partial charge on any atom is -0.293 e. The van der Waals surface area contributed by atoms with Crippen LogP contribution in [0.3, 0.4) is 0 Å². The summed E-state index contributed by atoms with van der Waals surface area (Å²) in [5.74, 6) is 0.585. The number of rotatable bonds is 9. The van der Waals surface area contributed by atoms with E-state index < -0.39 is 0 Å². The van der Waals surface area contributed by atoms with Gasteiger partial charge in [-0.25, -0.2) is 4.98 Å². The van der Waals surface area contributed by atoms with E-state index in [-0.39, 0.29) is 12.1 Å². The van der Waals surface area contributed by atoms with Gasteiger partial charge < -0.3 is 0 Å². The Morgan fingerprint density at radius 2 is 1.96 bits per heavy atom. The molecule has 0 fully saturated rings. The van der Waals surface area contributed by atoms with Crippen LogP contribution in [0.2, 0.25) is 0 Å². The van der Waals surface area contributed by atoms with Crippen LogP contribution in [0.1, 0.15) is 68.4 Å². The van der Waals surface area contributed by atoms with Crippen molar-refractivity contribution in [3.63, 3.8) is 0 Å². The maximum Gasteiger partial charge on any atom is 0.112 e. The fourth-order valence-electron chi connectivity index (χ4n) is 2.59. The summed E-state index contributed by atoms with van der Waals surface area (Å²) in [6, 6.07) is 10.6. The largest absolute Gasteiger partial charge is 0.293 e. The number of hydroxylamine groups is 1. The number of aromatic nitrogens is 1. The predicted molar refractivity (Wildman–Crippen MR) is 97.4 cm³/mol. The lowest BCUT2D eigenvalue weighted by Crippen LogP contribution is -2.25. The molecule has 1 N–H and O–H groups in total. The van der Waals surface area contributed by atoms with Crippen LogP contribution in [0.4, 0.5) is 0 Å². The van der Waals surface area contributed by atoms with Gasteiger partial charge in [0.2, 0.25) is 0 Å². The Bertz CT molecular complexity index is 568. The standard InChI is InChI=1S/C19H28N2OS/c1-5-9-18(16-10-7-6-8-11-16)22-21-17(12-14(2)3)19-20-15(4)13-23-19/h6-8,10-11,13-14,17-18,21H,5,9,12H2,1-4H3/t17-,18+/m0/s1. The maximum absolute atomic E-state index is 6.11. The third-order valence-electron chi connectivity index (χ3n) is 3.72. The number of aryl methyl sites for hydroxylation is 1. The smallest absolute Gasteiger partial charge is 0.112 e. The summed E-state index contributed by atoms with van der Waals surface area (Å²) in [7, 11) is 0. The molecule has 1 aromatic heterocycles. The van der Waals surface area contributed by atoms with Crippen molar-refractivity contribution in [3.8, 4) is 0 Å². The van der Waals surface area contributed by atoms with E-state index in [1.54, 1.807) is 11.3 Å². The molecule has 0 amide bonds. The van der Waals surface area contributed by atoms with Crippen molar-refractivity contribution in [1.82, 2.24) is 10.5 Å². The van der Waals surface area contributed by atoms with Crippen LogP contribution < -0.4 is 5.48 Å². The van der Waals surface area contributed by atoms with Gasteiger partial charge >= 0.3 is 0 Å². The highest BCUT2D eigenvalue weighted by molar-refractivity contribution is 7.09. The van der Waals surface area contributed by atoms with Crippen molar-refractivity contribution in [2.75, 3.05) is 0 Å². The number of hydrogen-bond donors (Lipinski definition) is 1. The molecule has 126 valence electrons. The van der Waals surface area contributed by atoms with Crippen LogP contribution in [-0.2, 0) is 4.84 Å². The first-order valence-corrected chi connectivity index (χ1v) is 9.36. The molecule has 0 aliphatic heterocycles. The fourth-order valence-corrected chi connectivity index (χ4v) is 3.44. The molecule has 0 aliphatic carbocycles. The number of nitrogens with zero attached hydrogens (tertiary/aromatic N) is 1. The van der Waals surface area contributed by atoms with Gasteiger partial charge in [-0.15, -0.1) is 11.3 Å². The molecule has 2 atom stereocenters. The average molecular weight is 333 g/mol. The van der Waals surface area contributed by atoms with Crippen LogP contribution in [0.25, 0.3) is 0 Å². The Kier molecular flexibility index (Phi) is 7.21. The highest BCUT2D eigenvalue weighted by Crippen LogP contribution is 2.27. The molecule has 2 rings (SSSR count). The molecule has 0 unspecified atom stereocenters. The van der Waals surface area contributed by atoms with Crippen molar-refractivity contribution in [2.45, 2.75) is 59.1 Å². The number of hydrogen-bond acceptors (Lipinski definition) is 4. The van der Waals surface area contributed by atoms with E-state index in [0.29, 0.717) is 5.92 Å². The zero-order valence-corrected chi connectivity index (χ0v) is 15.4. The summed E-state index contributed by atoms with van der Waals surface area (Å²) in [5, 5.41) is 3.21. The zero-order chi connectivity index (χ0) is 16.7. The van der Waals surface area contributed by atoms with Crippen molar-refractivity contribution < 1.29 is 4.84 Å². The van der Waals surface area contributed by atoms with Crippen molar-refractivity contribution >= 4 is 11.3 Å². The van der Waals surface area contributed by atoms with E-state index >= 15 is 0 Å². The summed E-state index contributed by atoms with van der Waals surface area (Å²) < 4.78 is 0. The Morgan fingerprint density at radius 3 is 2.52 bits per heavy atom. The summed E-state index contributed by atoms with van der Waals surface area (Å²) in [6.45, 7) is 8.69. The second-order valence-corrected chi connectivity index (χ2v) is 7.32. The number of benzene rings is 1. The summed E-state index contributed by atoms with van der Waals surface area (Å²) in [5.41, 5.74) is 5.61. The Morgan fingerprint density at radius 1 is 1.22 bits per heavy atom. The third-order valence-corrected chi connectivity index (χ3v) is 4.79. The minimum atomic E-state index is 0.0805. The number of thiazole rings is 1. The van der Waals surface area contributed by atoms with Crippen LogP contribution in [-0.4, -0.2) is 4.98 Å². The highest BCUT2D eigenvalue weighted by atomic mass is 32.1. The third kappa shape index (κ3) is 5.72. The maximum atomic E-state index is 6.11. The Hall–Kier alpha value is -1.23. The monoisotopic (exact) mass is 332 g/mol. The molecule has 0 radical (unpaired) electrons. The lowest BCUT2D eigenvalue weighted by molar-refractivity contribution is -0.0539. The van der Waals surface area contributed by atoms with Crippen molar-refractivity contribution in [2.24, 2.45) is 5.92 Å². The van der Waals surface area contributed by atoms with Gasteiger partial charge in [-0.05, 0) is 31.2 Å². The summed E-state index contributed by atoms with van der Waals surface area (Å²) in [4.78, 5) is 10.7. The minimum absolute atomic E-state index is 0.0805. The highest BCUT2D eigenvalue weighted by Gasteiger charge is 2.19. The summed E-state index contributed by atoms with van der Waals surface area (Å²) in [6.07, 6.45) is 3.19. The van der Waals surface area contributed by atoms with E-state index in [9.17, 15) is 0 Å². The average Bonchev–Trinajstić information content (AvgIpc) is 2.97. The fraction of sp³-hybridized carbons (Fsp3) is 0.526. The lowest BCUT2D eigenvalue weighted by Gasteiger charge is -2.23. The molecule has 3 nitrogen and oxygen atoms in total. The van der Waals surface area contributed by atoms with Gasteiger partial charge in [-0.1, -0.05) is 57.5 Å².